The molecule has 0 saturated heterocycles. The zero-order chi connectivity index (χ0) is 29.4. The fourth-order valence-corrected chi connectivity index (χ4v) is 5.22. The maximum absolute atomic E-state index is 15.0. The summed E-state index contributed by atoms with van der Waals surface area (Å²) in [5.74, 6) is 0.574. The van der Waals surface area contributed by atoms with Gasteiger partial charge in [0.1, 0.15) is 34.0 Å². The lowest BCUT2D eigenvalue weighted by molar-refractivity contribution is -0.111. The number of rotatable bonds is 7. The van der Waals surface area contributed by atoms with E-state index in [4.69, 9.17) is 15.6 Å². The van der Waals surface area contributed by atoms with E-state index in [2.05, 4.69) is 10.3 Å². The first-order chi connectivity index (χ1) is 20.3. The van der Waals surface area contributed by atoms with Gasteiger partial charge in [-0.25, -0.2) is 9.07 Å². The van der Waals surface area contributed by atoms with E-state index in [9.17, 15) is 9.59 Å². The molecule has 0 aliphatic heterocycles. The number of hydrogen-bond donors (Lipinski definition) is 3. The van der Waals surface area contributed by atoms with Crippen molar-refractivity contribution in [2.24, 2.45) is 0 Å². The number of ether oxygens (including phenoxy) is 1. The van der Waals surface area contributed by atoms with Crippen molar-refractivity contribution in [1.29, 1.82) is 0 Å². The second kappa shape index (κ2) is 11.0. The van der Waals surface area contributed by atoms with Gasteiger partial charge in [0.15, 0.2) is 0 Å². The Morgan fingerprint density at radius 1 is 1.10 bits per heavy atom. The van der Waals surface area contributed by atoms with Gasteiger partial charge in [-0.05, 0) is 80.5 Å². The van der Waals surface area contributed by atoms with Crippen molar-refractivity contribution in [3.8, 4) is 28.3 Å². The molecule has 9 nitrogen and oxygen atoms in total. The number of benzene rings is 3. The van der Waals surface area contributed by atoms with Crippen molar-refractivity contribution in [3.63, 3.8) is 0 Å². The topological polar surface area (TPSA) is 118 Å². The number of aromatic amines is 1. The lowest BCUT2D eigenvalue weighted by atomic mass is 9.86. The Morgan fingerprint density at radius 3 is 2.57 bits per heavy atom. The molecule has 0 fully saturated rings. The number of aromatic nitrogens is 3. The molecule has 5 aromatic rings. The molecule has 42 heavy (non-hydrogen) atoms. The molecule has 0 bridgehead atoms. The van der Waals surface area contributed by atoms with E-state index in [-0.39, 0.29) is 22.5 Å². The number of fused-ring (bicyclic) bond motifs is 5. The third-order valence-corrected chi connectivity index (χ3v) is 7.16. The molecule has 1 aliphatic carbocycles. The van der Waals surface area contributed by atoms with Gasteiger partial charge in [0.05, 0.1) is 11.4 Å². The average molecular weight is 565 g/mol. The molecule has 0 radical (unpaired) electrons. The first kappa shape index (κ1) is 27.0. The van der Waals surface area contributed by atoms with Crippen LogP contribution in [0.3, 0.4) is 0 Å². The summed E-state index contributed by atoms with van der Waals surface area (Å²) in [6.07, 6.45) is 3.97. The highest BCUT2D eigenvalue weighted by Gasteiger charge is 2.28. The number of para-hydroxylation sites is 1. The van der Waals surface area contributed by atoms with E-state index < -0.39 is 11.7 Å². The van der Waals surface area contributed by atoms with Crippen LogP contribution >= 0.6 is 0 Å². The van der Waals surface area contributed by atoms with Gasteiger partial charge in [0.2, 0.25) is 5.91 Å². The number of aryl methyl sites for hydroxylation is 1. The van der Waals surface area contributed by atoms with Gasteiger partial charge >= 0.3 is 0 Å². The Balaban J connectivity index is 1.40. The van der Waals surface area contributed by atoms with E-state index in [1.165, 1.54) is 16.8 Å². The van der Waals surface area contributed by atoms with Crippen LogP contribution in [0, 0.1) is 5.82 Å². The standard InChI is InChI=1S/C32H29FN6O3/c1-38(2)18-6-9-26(40)36-29-23-15-17-25-27(22(23)14-16-24(29)33)30-28(32(41)35-25)31(34)39(37-30)19-10-12-21(13-11-19)42-20-7-4-3-5-8-20/h3-14,16H,15,17-18,34H2,1-2H3,(H,35,41)(H,36,40)/b9-6+. The van der Waals surface area contributed by atoms with E-state index in [1.807, 2.05) is 61.5 Å². The molecule has 0 atom stereocenters. The molecule has 1 amide bonds. The summed E-state index contributed by atoms with van der Waals surface area (Å²) in [6, 6.07) is 19.6. The van der Waals surface area contributed by atoms with Crippen LogP contribution in [-0.4, -0.2) is 46.2 Å². The third kappa shape index (κ3) is 5.04. The molecule has 0 unspecified atom stereocenters. The summed E-state index contributed by atoms with van der Waals surface area (Å²) in [4.78, 5) is 30.6. The van der Waals surface area contributed by atoms with E-state index >= 15 is 4.39 Å². The summed E-state index contributed by atoms with van der Waals surface area (Å²) in [5, 5.41) is 7.73. The first-order valence-electron chi connectivity index (χ1n) is 13.5. The fraction of sp³-hybridized carbons (Fsp3) is 0.156. The monoisotopic (exact) mass is 564 g/mol. The molecule has 212 valence electrons. The number of nitrogens with two attached hydrogens (primary N) is 1. The Morgan fingerprint density at radius 2 is 1.83 bits per heavy atom. The molecule has 6 rings (SSSR count). The van der Waals surface area contributed by atoms with Gasteiger partial charge in [0.25, 0.3) is 5.56 Å². The second-order valence-corrected chi connectivity index (χ2v) is 10.3. The summed E-state index contributed by atoms with van der Waals surface area (Å²) < 4.78 is 22.5. The highest BCUT2D eigenvalue weighted by Crippen LogP contribution is 2.41. The SMILES string of the molecule is CN(C)C/C=C/C(=O)Nc1c(F)ccc2c1CCc1[nH]c(=O)c3c(N)n(-c4ccc(Oc5ccccc5)cc4)nc3c1-2. The van der Waals surface area contributed by atoms with E-state index in [0.717, 1.165) is 0 Å². The van der Waals surface area contributed by atoms with Gasteiger partial charge in [-0.1, -0.05) is 30.3 Å². The van der Waals surface area contributed by atoms with E-state index in [1.54, 1.807) is 24.3 Å². The van der Waals surface area contributed by atoms with Crippen molar-refractivity contribution in [1.82, 2.24) is 19.7 Å². The molecule has 10 heteroatoms. The minimum absolute atomic E-state index is 0.124. The minimum atomic E-state index is -0.532. The minimum Gasteiger partial charge on any atom is -0.457 e. The maximum Gasteiger partial charge on any atom is 0.261 e. The molecule has 1 aliphatic rings. The van der Waals surface area contributed by atoms with Crippen molar-refractivity contribution in [2.45, 2.75) is 12.8 Å². The number of carbonyl (C=O) groups excluding carboxylic acids is 1. The summed E-state index contributed by atoms with van der Waals surface area (Å²) in [5.41, 5.74) is 10.00. The highest BCUT2D eigenvalue weighted by molar-refractivity contribution is 6.04. The molecule has 0 saturated carbocycles. The summed E-state index contributed by atoms with van der Waals surface area (Å²) in [6.45, 7) is 0.578. The van der Waals surface area contributed by atoms with Crippen molar-refractivity contribution in [2.75, 3.05) is 31.7 Å². The number of carbonyl (C=O) groups is 1. The predicted octanol–water partition coefficient (Wildman–Crippen LogP) is 5.05. The third-order valence-electron chi connectivity index (χ3n) is 7.16. The molecule has 2 aromatic heterocycles. The summed E-state index contributed by atoms with van der Waals surface area (Å²) in [7, 11) is 3.78. The number of H-pyrrole nitrogens is 1. The van der Waals surface area contributed by atoms with Gasteiger partial charge in [-0.15, -0.1) is 0 Å². The lowest BCUT2D eigenvalue weighted by Crippen LogP contribution is -2.19. The van der Waals surface area contributed by atoms with Crippen molar-refractivity contribution in [3.05, 3.63) is 106 Å². The zero-order valence-corrected chi connectivity index (χ0v) is 23.1. The molecule has 4 N–H and O–H groups in total. The van der Waals surface area contributed by atoms with Gasteiger partial charge in [-0.3, -0.25) is 9.59 Å². The lowest BCUT2D eigenvalue weighted by Gasteiger charge is -2.23. The van der Waals surface area contributed by atoms with E-state index in [0.29, 0.717) is 64.5 Å². The number of nitrogen functional groups attached to an aromatic ring is 1. The van der Waals surface area contributed by atoms with Gasteiger partial charge < -0.3 is 25.7 Å². The number of nitrogens with one attached hydrogen (secondary N) is 2. The first-order valence-corrected chi connectivity index (χ1v) is 13.5. The van der Waals surface area contributed by atoms with Gasteiger partial charge in [-0.2, -0.15) is 5.10 Å². The maximum atomic E-state index is 15.0. The number of anilines is 2. The highest BCUT2D eigenvalue weighted by atomic mass is 19.1. The molecule has 0 spiro atoms. The Kier molecular flexibility index (Phi) is 7.05. The molecule has 3 aromatic carbocycles. The quantitative estimate of drug-likeness (QED) is 0.238. The Labute approximate surface area is 241 Å². The Bertz CT molecular complexity index is 1890. The molecule has 2 heterocycles. The number of nitrogens with zero attached hydrogens (tertiary/aromatic N) is 3. The summed E-state index contributed by atoms with van der Waals surface area (Å²) >= 11 is 0. The number of likely N-dealkylation sites (N-methyl/N-ethyl adjacent to an activating group) is 1. The van der Waals surface area contributed by atoms with Crippen LogP contribution in [0.25, 0.3) is 27.7 Å². The largest absolute Gasteiger partial charge is 0.457 e. The van der Waals surface area contributed by atoms with Crippen LogP contribution in [0.4, 0.5) is 15.9 Å². The Hall–Kier alpha value is -5.22. The van der Waals surface area contributed by atoms with Crippen LogP contribution in [0.15, 0.2) is 83.7 Å². The predicted molar refractivity (Wildman–Crippen MR) is 162 cm³/mol. The fourth-order valence-electron chi connectivity index (χ4n) is 5.22. The number of halogens is 1. The van der Waals surface area contributed by atoms with Crippen LogP contribution in [0.1, 0.15) is 11.3 Å². The van der Waals surface area contributed by atoms with Crippen LogP contribution in [0.5, 0.6) is 11.5 Å². The number of amides is 1. The van der Waals surface area contributed by atoms with Crippen LogP contribution in [0.2, 0.25) is 0 Å². The van der Waals surface area contributed by atoms with Crippen LogP contribution < -0.4 is 21.3 Å². The van der Waals surface area contributed by atoms with Crippen molar-refractivity contribution >= 4 is 28.3 Å². The van der Waals surface area contributed by atoms with Crippen LogP contribution in [-0.2, 0) is 17.6 Å². The number of hydrogen-bond acceptors (Lipinski definition) is 6. The normalized spacial score (nSPS) is 12.5. The molecular formula is C32H29FN6O3. The average Bonchev–Trinajstić information content (AvgIpc) is 3.32. The zero-order valence-electron chi connectivity index (χ0n) is 23.1. The molecular weight excluding hydrogens is 535 g/mol. The second-order valence-electron chi connectivity index (χ2n) is 10.3. The number of pyridine rings is 1. The smallest absolute Gasteiger partial charge is 0.261 e. The van der Waals surface area contributed by atoms with Gasteiger partial charge in [0, 0.05) is 23.9 Å². The van der Waals surface area contributed by atoms with Crippen molar-refractivity contribution < 1.29 is 13.9 Å².